The predicted octanol–water partition coefficient (Wildman–Crippen LogP) is 3.68. The van der Waals surface area contributed by atoms with E-state index in [2.05, 4.69) is 5.32 Å². The van der Waals surface area contributed by atoms with Crippen molar-refractivity contribution in [1.29, 1.82) is 0 Å². The lowest BCUT2D eigenvalue weighted by Crippen LogP contribution is -2.46. The minimum Gasteiger partial charge on any atom is -0.493 e. The van der Waals surface area contributed by atoms with Gasteiger partial charge < -0.3 is 19.5 Å². The number of ether oxygens (including phenoxy) is 3. The van der Waals surface area contributed by atoms with Gasteiger partial charge in [-0.1, -0.05) is 23.7 Å². The lowest BCUT2D eigenvalue weighted by atomic mass is 10.1. The van der Waals surface area contributed by atoms with Crippen molar-refractivity contribution in [2.45, 2.75) is 20.0 Å². The van der Waals surface area contributed by atoms with Crippen LogP contribution in [-0.2, 0) is 19.1 Å². The van der Waals surface area contributed by atoms with Crippen molar-refractivity contribution in [2.24, 2.45) is 0 Å². The Kier molecular flexibility index (Phi) is 7.37. The lowest BCUT2D eigenvalue weighted by molar-refractivity contribution is -0.149. The summed E-state index contributed by atoms with van der Waals surface area (Å²) in [6, 6.07) is 10.2. The van der Waals surface area contributed by atoms with E-state index >= 15 is 0 Å². The van der Waals surface area contributed by atoms with Crippen LogP contribution in [-0.4, -0.2) is 44.1 Å². The van der Waals surface area contributed by atoms with Gasteiger partial charge >= 0.3 is 5.97 Å². The third-order valence-corrected chi connectivity index (χ3v) is 4.91. The SMILES string of the molecule is CCOc1c(Cl)cc(/C=C/C(=O)O[C@@H](C)C(=O)N2CC(=O)Nc3ccccc32)cc1OC. The summed E-state index contributed by atoms with van der Waals surface area (Å²) in [6.45, 7) is 3.56. The second-order valence-corrected chi connectivity index (χ2v) is 7.28. The summed E-state index contributed by atoms with van der Waals surface area (Å²) in [6.07, 6.45) is 1.59. The predicted molar refractivity (Wildman–Crippen MR) is 121 cm³/mol. The fourth-order valence-electron chi connectivity index (χ4n) is 3.20. The highest BCUT2D eigenvalue weighted by molar-refractivity contribution is 6.32. The van der Waals surface area contributed by atoms with Crippen molar-refractivity contribution < 1.29 is 28.6 Å². The van der Waals surface area contributed by atoms with Crippen LogP contribution in [0.15, 0.2) is 42.5 Å². The molecular formula is C23H23ClN2O6. The van der Waals surface area contributed by atoms with Crippen LogP contribution in [0.25, 0.3) is 6.08 Å². The van der Waals surface area contributed by atoms with Crippen LogP contribution in [0.3, 0.4) is 0 Å². The van der Waals surface area contributed by atoms with E-state index < -0.39 is 18.0 Å². The molecule has 0 saturated carbocycles. The molecule has 1 aliphatic heterocycles. The molecule has 0 fully saturated rings. The zero-order chi connectivity index (χ0) is 23.3. The number of para-hydroxylation sites is 2. The van der Waals surface area contributed by atoms with Gasteiger partial charge in [0.25, 0.3) is 5.91 Å². The molecule has 0 aromatic heterocycles. The minimum absolute atomic E-state index is 0.155. The summed E-state index contributed by atoms with van der Waals surface area (Å²) < 4.78 is 16.0. The van der Waals surface area contributed by atoms with E-state index in [1.54, 1.807) is 36.4 Å². The zero-order valence-corrected chi connectivity index (χ0v) is 18.6. The topological polar surface area (TPSA) is 94.2 Å². The molecular weight excluding hydrogens is 436 g/mol. The molecule has 0 radical (unpaired) electrons. The Morgan fingerprint density at radius 1 is 1.28 bits per heavy atom. The van der Waals surface area contributed by atoms with Gasteiger partial charge in [-0.05, 0) is 49.8 Å². The maximum Gasteiger partial charge on any atom is 0.331 e. The van der Waals surface area contributed by atoms with Crippen molar-refractivity contribution in [3.8, 4) is 11.5 Å². The van der Waals surface area contributed by atoms with Crippen LogP contribution in [0.5, 0.6) is 11.5 Å². The number of halogens is 1. The molecule has 9 heteroatoms. The van der Waals surface area contributed by atoms with E-state index in [-0.39, 0.29) is 12.5 Å². The molecule has 2 amide bonds. The van der Waals surface area contributed by atoms with Crippen LogP contribution in [0.1, 0.15) is 19.4 Å². The van der Waals surface area contributed by atoms with Crippen LogP contribution in [0, 0.1) is 0 Å². The molecule has 0 spiro atoms. The molecule has 8 nitrogen and oxygen atoms in total. The van der Waals surface area contributed by atoms with Gasteiger partial charge in [0.1, 0.15) is 6.54 Å². The third-order valence-electron chi connectivity index (χ3n) is 4.63. The van der Waals surface area contributed by atoms with Crippen molar-refractivity contribution >= 4 is 46.8 Å². The van der Waals surface area contributed by atoms with E-state index in [9.17, 15) is 14.4 Å². The fourth-order valence-corrected chi connectivity index (χ4v) is 3.47. The largest absolute Gasteiger partial charge is 0.493 e. The summed E-state index contributed by atoms with van der Waals surface area (Å²) in [4.78, 5) is 38.4. The molecule has 2 aromatic carbocycles. The maximum absolute atomic E-state index is 12.8. The highest BCUT2D eigenvalue weighted by Gasteiger charge is 2.31. The first-order valence-electron chi connectivity index (χ1n) is 9.93. The molecule has 2 aromatic rings. The quantitative estimate of drug-likeness (QED) is 0.502. The molecule has 1 N–H and O–H groups in total. The second-order valence-electron chi connectivity index (χ2n) is 6.87. The number of nitrogens with zero attached hydrogens (tertiary/aromatic N) is 1. The number of carbonyl (C=O) groups is 3. The summed E-state index contributed by atoms with van der Waals surface area (Å²) >= 11 is 6.23. The number of hydrogen-bond donors (Lipinski definition) is 1. The van der Waals surface area contributed by atoms with Gasteiger partial charge in [0.2, 0.25) is 5.91 Å². The number of fused-ring (bicyclic) bond motifs is 1. The molecule has 3 rings (SSSR count). The number of hydrogen-bond acceptors (Lipinski definition) is 6. The number of anilines is 2. The number of methoxy groups -OCH3 is 1. The van der Waals surface area contributed by atoms with Gasteiger partial charge in [0.05, 0.1) is 30.1 Å². The first kappa shape index (κ1) is 23.1. The number of amides is 2. The summed E-state index contributed by atoms with van der Waals surface area (Å²) in [7, 11) is 1.49. The first-order chi connectivity index (χ1) is 15.3. The summed E-state index contributed by atoms with van der Waals surface area (Å²) in [5.41, 5.74) is 1.66. The normalized spacial score (nSPS) is 13.9. The van der Waals surface area contributed by atoms with Gasteiger partial charge in [-0.25, -0.2) is 4.79 Å². The molecule has 0 aliphatic carbocycles. The number of rotatable bonds is 7. The molecule has 0 saturated heterocycles. The lowest BCUT2D eigenvalue weighted by Gasteiger charge is -2.30. The van der Waals surface area contributed by atoms with Gasteiger partial charge in [0, 0.05) is 6.08 Å². The van der Waals surface area contributed by atoms with Crippen LogP contribution >= 0.6 is 11.6 Å². The Morgan fingerprint density at radius 2 is 2.03 bits per heavy atom. The number of carbonyl (C=O) groups excluding carboxylic acids is 3. The van der Waals surface area contributed by atoms with E-state index in [1.807, 2.05) is 6.92 Å². The van der Waals surface area contributed by atoms with Crippen molar-refractivity contribution in [3.63, 3.8) is 0 Å². The number of benzene rings is 2. The van der Waals surface area contributed by atoms with Crippen molar-refractivity contribution in [1.82, 2.24) is 0 Å². The Labute approximate surface area is 190 Å². The Balaban J connectivity index is 1.69. The standard InChI is InChI=1S/C23H23ClN2O6/c1-4-31-22-16(24)11-15(12-19(22)30-3)9-10-21(28)32-14(2)23(29)26-13-20(27)25-17-7-5-6-8-18(17)26/h5-12,14H,4,13H2,1-3H3,(H,25,27)/b10-9+/t14-/m0/s1. The number of esters is 1. The first-order valence-corrected chi connectivity index (χ1v) is 10.3. The monoisotopic (exact) mass is 458 g/mol. The molecule has 168 valence electrons. The van der Waals surface area contributed by atoms with Crippen molar-refractivity contribution in [3.05, 3.63) is 53.1 Å². The molecule has 1 aliphatic rings. The van der Waals surface area contributed by atoms with Gasteiger partial charge in [0.15, 0.2) is 17.6 Å². The molecule has 0 bridgehead atoms. The highest BCUT2D eigenvalue weighted by Crippen LogP contribution is 2.36. The molecule has 1 heterocycles. The Bertz CT molecular complexity index is 1070. The van der Waals surface area contributed by atoms with Gasteiger partial charge in [-0.15, -0.1) is 0 Å². The average molecular weight is 459 g/mol. The molecule has 32 heavy (non-hydrogen) atoms. The smallest absolute Gasteiger partial charge is 0.331 e. The van der Waals surface area contributed by atoms with Crippen molar-refractivity contribution in [2.75, 3.05) is 30.5 Å². The van der Waals surface area contributed by atoms with Crippen LogP contribution in [0.4, 0.5) is 11.4 Å². The molecule has 1 atom stereocenters. The summed E-state index contributed by atoms with van der Waals surface area (Å²) in [5.74, 6) is -0.694. The van der Waals surface area contributed by atoms with Crippen LogP contribution in [0.2, 0.25) is 5.02 Å². The van der Waals surface area contributed by atoms with E-state index in [0.717, 1.165) is 0 Å². The highest BCUT2D eigenvalue weighted by atomic mass is 35.5. The summed E-state index contributed by atoms with van der Waals surface area (Å²) in [5, 5.41) is 3.04. The maximum atomic E-state index is 12.8. The zero-order valence-electron chi connectivity index (χ0n) is 17.9. The number of nitrogens with one attached hydrogen (secondary N) is 1. The Hall–Kier alpha value is -3.52. The average Bonchev–Trinajstić information content (AvgIpc) is 2.78. The van der Waals surface area contributed by atoms with Gasteiger partial charge in [-0.3, -0.25) is 14.5 Å². The van der Waals surface area contributed by atoms with Gasteiger partial charge in [-0.2, -0.15) is 0 Å². The second kappa shape index (κ2) is 10.2. The Morgan fingerprint density at radius 3 is 2.75 bits per heavy atom. The van der Waals surface area contributed by atoms with E-state index in [4.69, 9.17) is 25.8 Å². The minimum atomic E-state index is -1.09. The third kappa shape index (κ3) is 5.20. The van der Waals surface area contributed by atoms with E-state index in [1.165, 1.54) is 31.1 Å². The fraction of sp³-hybridized carbons (Fsp3) is 0.261. The molecule has 0 unspecified atom stereocenters. The van der Waals surface area contributed by atoms with Crippen LogP contribution < -0.4 is 19.7 Å². The van der Waals surface area contributed by atoms with E-state index in [0.29, 0.717) is 40.1 Å².